The summed E-state index contributed by atoms with van der Waals surface area (Å²) in [6.45, 7) is 0.952. The van der Waals surface area contributed by atoms with Crippen LogP contribution in [0.1, 0.15) is 25.7 Å². The highest BCUT2D eigenvalue weighted by Crippen LogP contribution is 2.18. The van der Waals surface area contributed by atoms with E-state index in [2.05, 4.69) is 10.3 Å². The molecule has 0 atom stereocenters. The highest BCUT2D eigenvalue weighted by atomic mass is 19.1. The van der Waals surface area contributed by atoms with E-state index in [1.54, 1.807) is 32.3 Å². The number of amides is 1. The Morgan fingerprint density at radius 2 is 1.96 bits per heavy atom. The number of benzene rings is 1. The molecular weight excluding hydrogens is 335 g/mol. The Labute approximate surface area is 155 Å². The topological polar surface area (TPSA) is 57.2 Å². The van der Waals surface area contributed by atoms with Crippen LogP contribution in [-0.2, 0) is 4.79 Å². The summed E-state index contributed by atoms with van der Waals surface area (Å²) in [5.41, 5.74) is 0. The minimum absolute atomic E-state index is 0.0493. The van der Waals surface area contributed by atoms with E-state index in [0.29, 0.717) is 25.2 Å². The van der Waals surface area contributed by atoms with Gasteiger partial charge in [0, 0.05) is 27.2 Å². The van der Waals surface area contributed by atoms with Crippen LogP contribution in [0.15, 0.2) is 29.3 Å². The first-order chi connectivity index (χ1) is 12.5. The number of para-hydroxylation sites is 1. The van der Waals surface area contributed by atoms with Crippen molar-refractivity contribution >= 4 is 11.9 Å². The second kappa shape index (κ2) is 9.99. The van der Waals surface area contributed by atoms with Gasteiger partial charge in [0.2, 0.25) is 5.91 Å². The molecule has 7 heteroatoms. The van der Waals surface area contributed by atoms with Crippen molar-refractivity contribution in [3.63, 3.8) is 0 Å². The molecule has 0 aromatic heterocycles. The van der Waals surface area contributed by atoms with Gasteiger partial charge in [-0.3, -0.25) is 4.79 Å². The van der Waals surface area contributed by atoms with Gasteiger partial charge in [0.05, 0.1) is 6.54 Å². The average molecular weight is 364 g/mol. The van der Waals surface area contributed by atoms with Gasteiger partial charge in [0.15, 0.2) is 17.5 Å². The van der Waals surface area contributed by atoms with Gasteiger partial charge in [-0.05, 0) is 25.0 Å². The number of likely N-dealkylation sites (N-methyl/N-ethyl adjacent to an activating group) is 2. The summed E-state index contributed by atoms with van der Waals surface area (Å²) in [5, 5.41) is 3.45. The van der Waals surface area contributed by atoms with E-state index >= 15 is 0 Å². The molecule has 26 heavy (non-hydrogen) atoms. The molecule has 1 saturated carbocycles. The lowest BCUT2D eigenvalue weighted by Gasteiger charge is -2.25. The third-order valence-corrected chi connectivity index (χ3v) is 4.43. The average Bonchev–Trinajstić information content (AvgIpc) is 3.12. The van der Waals surface area contributed by atoms with Crippen molar-refractivity contribution in [3.05, 3.63) is 30.1 Å². The number of carbonyl (C=O) groups is 1. The Morgan fingerprint density at radius 3 is 2.62 bits per heavy atom. The summed E-state index contributed by atoms with van der Waals surface area (Å²) in [5.74, 6) is 0.506. The fourth-order valence-corrected chi connectivity index (χ4v) is 2.77. The van der Waals surface area contributed by atoms with Crippen molar-refractivity contribution < 1.29 is 13.9 Å². The van der Waals surface area contributed by atoms with Crippen molar-refractivity contribution in [1.29, 1.82) is 0 Å². The molecule has 1 N–H and O–H groups in total. The highest BCUT2D eigenvalue weighted by molar-refractivity contribution is 5.84. The maximum atomic E-state index is 13.6. The number of hydrogen-bond acceptors (Lipinski definition) is 3. The van der Waals surface area contributed by atoms with Crippen molar-refractivity contribution in [2.24, 2.45) is 4.99 Å². The van der Waals surface area contributed by atoms with E-state index < -0.39 is 0 Å². The molecule has 0 heterocycles. The normalized spacial score (nSPS) is 15.0. The van der Waals surface area contributed by atoms with Crippen molar-refractivity contribution in [2.45, 2.75) is 31.7 Å². The predicted molar refractivity (Wildman–Crippen MR) is 101 cm³/mol. The second-order valence-electron chi connectivity index (χ2n) is 6.75. The summed E-state index contributed by atoms with van der Waals surface area (Å²) in [6.07, 6.45) is 4.64. The maximum absolute atomic E-state index is 13.6. The summed E-state index contributed by atoms with van der Waals surface area (Å²) in [4.78, 5) is 19.8. The molecule has 0 bridgehead atoms. The molecule has 1 aliphatic carbocycles. The zero-order chi connectivity index (χ0) is 18.9. The first-order valence-corrected chi connectivity index (χ1v) is 9.07. The number of guanidine groups is 1. The van der Waals surface area contributed by atoms with Gasteiger partial charge in [-0.2, -0.15) is 0 Å². The highest BCUT2D eigenvalue weighted by Gasteiger charge is 2.18. The fourth-order valence-electron chi connectivity index (χ4n) is 2.77. The number of nitrogens with zero attached hydrogens (tertiary/aromatic N) is 3. The van der Waals surface area contributed by atoms with E-state index in [0.717, 1.165) is 12.8 Å². The predicted octanol–water partition coefficient (Wildman–Crippen LogP) is 2.11. The third-order valence-electron chi connectivity index (χ3n) is 4.43. The number of ether oxygens (including phenoxy) is 1. The number of nitrogens with one attached hydrogen (secondary N) is 1. The number of halogens is 1. The summed E-state index contributed by atoms with van der Waals surface area (Å²) in [7, 11) is 5.33. The van der Waals surface area contributed by atoms with Gasteiger partial charge >= 0.3 is 0 Å². The quantitative estimate of drug-likeness (QED) is 0.595. The molecular formula is C19H29FN4O2. The summed E-state index contributed by atoms with van der Waals surface area (Å²) < 4.78 is 19.1. The molecule has 1 aliphatic rings. The van der Waals surface area contributed by atoms with Gasteiger partial charge in [0.1, 0.15) is 13.2 Å². The molecule has 0 spiro atoms. The van der Waals surface area contributed by atoms with Crippen LogP contribution in [0, 0.1) is 5.82 Å². The molecule has 0 aliphatic heterocycles. The molecule has 0 unspecified atom stereocenters. The Hall–Kier alpha value is -2.31. The summed E-state index contributed by atoms with van der Waals surface area (Å²) in [6, 6.07) is 6.74. The van der Waals surface area contributed by atoms with E-state index in [9.17, 15) is 9.18 Å². The first kappa shape index (κ1) is 20.0. The van der Waals surface area contributed by atoms with Crippen LogP contribution in [0.3, 0.4) is 0 Å². The maximum Gasteiger partial charge on any atom is 0.243 e. The van der Waals surface area contributed by atoms with Gasteiger partial charge in [-0.15, -0.1) is 0 Å². The Bertz CT molecular complexity index is 615. The lowest BCUT2D eigenvalue weighted by molar-refractivity contribution is -0.127. The molecule has 2 rings (SSSR count). The van der Waals surface area contributed by atoms with Crippen LogP contribution in [0.4, 0.5) is 4.39 Å². The minimum atomic E-state index is -0.371. The zero-order valence-electron chi connectivity index (χ0n) is 15.9. The van der Waals surface area contributed by atoms with Crippen LogP contribution in [0.5, 0.6) is 5.75 Å². The van der Waals surface area contributed by atoms with Gasteiger partial charge in [0.25, 0.3) is 0 Å². The van der Waals surface area contributed by atoms with Crippen molar-refractivity contribution in [1.82, 2.24) is 15.1 Å². The zero-order valence-corrected chi connectivity index (χ0v) is 15.9. The molecule has 6 nitrogen and oxygen atoms in total. The lowest BCUT2D eigenvalue weighted by atomic mass is 10.2. The van der Waals surface area contributed by atoms with Crippen LogP contribution >= 0.6 is 0 Å². The van der Waals surface area contributed by atoms with Crippen LogP contribution in [-0.4, -0.2) is 68.5 Å². The number of rotatable bonds is 7. The molecule has 1 aromatic carbocycles. The van der Waals surface area contributed by atoms with E-state index in [1.807, 2.05) is 11.9 Å². The van der Waals surface area contributed by atoms with Crippen LogP contribution < -0.4 is 10.1 Å². The molecule has 1 aromatic rings. The van der Waals surface area contributed by atoms with Gasteiger partial charge < -0.3 is 19.9 Å². The van der Waals surface area contributed by atoms with E-state index in [-0.39, 0.29) is 24.0 Å². The fraction of sp³-hybridized carbons (Fsp3) is 0.579. The molecule has 1 amide bonds. The van der Waals surface area contributed by atoms with Crippen LogP contribution in [0.2, 0.25) is 0 Å². The van der Waals surface area contributed by atoms with Gasteiger partial charge in [-0.25, -0.2) is 9.38 Å². The minimum Gasteiger partial charge on any atom is -0.489 e. The summed E-state index contributed by atoms with van der Waals surface area (Å²) >= 11 is 0. The van der Waals surface area contributed by atoms with E-state index in [4.69, 9.17) is 4.74 Å². The molecule has 144 valence electrons. The number of hydrogen-bond donors (Lipinski definition) is 1. The van der Waals surface area contributed by atoms with Crippen molar-refractivity contribution in [2.75, 3.05) is 40.8 Å². The monoisotopic (exact) mass is 364 g/mol. The standard InChI is InChI=1S/C19H29FN4O2/c1-23(2)18(25)14-21-19(22-15-8-4-5-9-15)24(3)12-13-26-17-11-7-6-10-16(17)20/h6-7,10-11,15H,4-5,8-9,12-14H2,1-3H3,(H,21,22). The van der Waals surface area contributed by atoms with E-state index in [1.165, 1.54) is 23.8 Å². The lowest BCUT2D eigenvalue weighted by Crippen LogP contribution is -2.45. The first-order valence-electron chi connectivity index (χ1n) is 9.07. The second-order valence-corrected chi connectivity index (χ2v) is 6.75. The third kappa shape index (κ3) is 6.20. The number of carbonyl (C=O) groups excluding carboxylic acids is 1. The largest absolute Gasteiger partial charge is 0.489 e. The Kier molecular flexibility index (Phi) is 7.69. The van der Waals surface area contributed by atoms with Gasteiger partial charge in [-0.1, -0.05) is 25.0 Å². The number of aliphatic imine (C=N–C) groups is 1. The molecule has 1 fully saturated rings. The Morgan fingerprint density at radius 1 is 1.27 bits per heavy atom. The molecule has 0 radical (unpaired) electrons. The Balaban J connectivity index is 1.92. The SMILES string of the molecule is CN(C)C(=O)CN=C(NC1CCCC1)N(C)CCOc1ccccc1F. The van der Waals surface area contributed by atoms with Crippen LogP contribution in [0.25, 0.3) is 0 Å². The van der Waals surface area contributed by atoms with Crippen molar-refractivity contribution in [3.8, 4) is 5.75 Å². The smallest absolute Gasteiger partial charge is 0.243 e. The molecule has 0 saturated heterocycles.